The third-order valence-corrected chi connectivity index (χ3v) is 7.17. The number of amides is 1. The number of thioether (sulfide) groups is 1. The number of para-hydroxylation sites is 1. The number of nitrogens with zero attached hydrogens (tertiary/aromatic N) is 2. The Morgan fingerprint density at radius 2 is 1.28 bits per heavy atom. The van der Waals surface area contributed by atoms with Crippen LogP contribution in [0.25, 0.3) is 0 Å². The molecule has 1 heterocycles. The SMILES string of the molecule is CC(SC(c1ccc(F)cc1)c1ccc(F)cc1)C(=O)N1CCN(c2ccccc2)CC1. The van der Waals surface area contributed by atoms with Gasteiger partial charge in [0.05, 0.1) is 10.5 Å². The second kappa shape index (κ2) is 10.2. The second-order valence-corrected chi connectivity index (χ2v) is 9.36. The van der Waals surface area contributed by atoms with E-state index >= 15 is 0 Å². The fourth-order valence-electron chi connectivity index (χ4n) is 3.97. The van der Waals surface area contributed by atoms with E-state index in [-0.39, 0.29) is 28.0 Å². The molecule has 3 nitrogen and oxygen atoms in total. The molecule has 0 aliphatic carbocycles. The highest BCUT2D eigenvalue weighted by Gasteiger charge is 2.28. The summed E-state index contributed by atoms with van der Waals surface area (Å²) < 4.78 is 26.9. The number of anilines is 1. The molecule has 1 fully saturated rings. The summed E-state index contributed by atoms with van der Waals surface area (Å²) in [6.45, 7) is 4.86. The van der Waals surface area contributed by atoms with Crippen LogP contribution in [0.3, 0.4) is 0 Å². The van der Waals surface area contributed by atoms with Crippen LogP contribution < -0.4 is 4.90 Å². The highest BCUT2D eigenvalue weighted by Crippen LogP contribution is 2.39. The smallest absolute Gasteiger partial charge is 0.235 e. The number of benzene rings is 3. The summed E-state index contributed by atoms with van der Waals surface area (Å²) in [6, 6.07) is 22.8. The molecular formula is C26H26F2N2OS. The Morgan fingerprint density at radius 1 is 0.781 bits per heavy atom. The third kappa shape index (κ3) is 5.30. The first-order chi connectivity index (χ1) is 15.5. The molecule has 1 aliphatic rings. The maximum absolute atomic E-state index is 13.5. The van der Waals surface area contributed by atoms with E-state index in [2.05, 4.69) is 17.0 Å². The first-order valence-corrected chi connectivity index (χ1v) is 11.7. The van der Waals surface area contributed by atoms with E-state index < -0.39 is 0 Å². The van der Waals surface area contributed by atoms with E-state index in [0.29, 0.717) is 13.1 Å². The predicted molar refractivity (Wildman–Crippen MR) is 127 cm³/mol. The summed E-state index contributed by atoms with van der Waals surface area (Å²) >= 11 is 1.51. The number of piperazine rings is 1. The molecular weight excluding hydrogens is 426 g/mol. The molecule has 6 heteroatoms. The minimum absolute atomic E-state index is 0.0944. The Balaban J connectivity index is 1.44. The van der Waals surface area contributed by atoms with E-state index in [4.69, 9.17) is 0 Å². The van der Waals surface area contributed by atoms with Gasteiger partial charge in [0.1, 0.15) is 11.6 Å². The summed E-state index contributed by atoms with van der Waals surface area (Å²) in [5, 5.41) is -0.487. The van der Waals surface area contributed by atoms with Gasteiger partial charge in [-0.15, -0.1) is 11.8 Å². The van der Waals surface area contributed by atoms with Crippen molar-refractivity contribution in [2.24, 2.45) is 0 Å². The number of carbonyl (C=O) groups is 1. The lowest BCUT2D eigenvalue weighted by atomic mass is 10.0. The highest BCUT2D eigenvalue weighted by molar-refractivity contribution is 8.01. The van der Waals surface area contributed by atoms with Gasteiger partial charge in [-0.3, -0.25) is 4.79 Å². The molecule has 0 radical (unpaired) electrons. The van der Waals surface area contributed by atoms with Gasteiger partial charge in [0, 0.05) is 31.9 Å². The van der Waals surface area contributed by atoms with Crippen LogP contribution in [-0.2, 0) is 4.79 Å². The topological polar surface area (TPSA) is 23.6 Å². The Morgan fingerprint density at radius 3 is 1.78 bits per heavy atom. The van der Waals surface area contributed by atoms with Gasteiger partial charge in [-0.1, -0.05) is 42.5 Å². The fraction of sp³-hybridized carbons (Fsp3) is 0.269. The van der Waals surface area contributed by atoms with Crippen molar-refractivity contribution in [3.05, 3.63) is 102 Å². The lowest BCUT2D eigenvalue weighted by Crippen LogP contribution is -2.50. The largest absolute Gasteiger partial charge is 0.368 e. The second-order valence-electron chi connectivity index (χ2n) is 7.91. The number of hydrogen-bond acceptors (Lipinski definition) is 3. The number of hydrogen-bond donors (Lipinski definition) is 0. The highest BCUT2D eigenvalue weighted by atomic mass is 32.2. The van der Waals surface area contributed by atoms with Crippen molar-refractivity contribution >= 4 is 23.4 Å². The molecule has 1 atom stereocenters. The van der Waals surface area contributed by atoms with Crippen LogP contribution in [0.1, 0.15) is 23.3 Å². The number of carbonyl (C=O) groups excluding carboxylic acids is 1. The maximum atomic E-state index is 13.5. The van der Waals surface area contributed by atoms with Gasteiger partial charge in [-0.25, -0.2) is 8.78 Å². The molecule has 3 aromatic carbocycles. The maximum Gasteiger partial charge on any atom is 0.235 e. The zero-order chi connectivity index (χ0) is 22.5. The minimum Gasteiger partial charge on any atom is -0.368 e. The van der Waals surface area contributed by atoms with E-state index in [0.717, 1.165) is 24.2 Å². The predicted octanol–water partition coefficient (Wildman–Crippen LogP) is 5.52. The lowest BCUT2D eigenvalue weighted by Gasteiger charge is -2.37. The summed E-state index contributed by atoms with van der Waals surface area (Å²) in [5.41, 5.74) is 2.95. The van der Waals surface area contributed by atoms with Crippen LogP contribution in [-0.4, -0.2) is 42.2 Å². The van der Waals surface area contributed by atoms with E-state index in [1.807, 2.05) is 30.0 Å². The Hall–Kier alpha value is -2.86. The van der Waals surface area contributed by atoms with Crippen LogP contribution in [0.15, 0.2) is 78.9 Å². The van der Waals surface area contributed by atoms with Crippen molar-refractivity contribution in [3.63, 3.8) is 0 Å². The van der Waals surface area contributed by atoms with Gasteiger partial charge in [0.15, 0.2) is 0 Å². The molecule has 1 amide bonds. The van der Waals surface area contributed by atoms with Gasteiger partial charge in [-0.05, 0) is 54.4 Å². The number of rotatable bonds is 6. The van der Waals surface area contributed by atoms with Crippen LogP contribution in [0.4, 0.5) is 14.5 Å². The fourth-order valence-corrected chi connectivity index (χ4v) is 5.27. The molecule has 0 bridgehead atoms. The monoisotopic (exact) mass is 452 g/mol. The zero-order valence-corrected chi connectivity index (χ0v) is 18.8. The average molecular weight is 453 g/mol. The lowest BCUT2D eigenvalue weighted by molar-refractivity contribution is -0.130. The van der Waals surface area contributed by atoms with Gasteiger partial charge < -0.3 is 9.80 Å². The van der Waals surface area contributed by atoms with Crippen LogP contribution in [0, 0.1) is 11.6 Å². The van der Waals surface area contributed by atoms with E-state index in [1.165, 1.54) is 41.7 Å². The van der Waals surface area contributed by atoms with Crippen molar-refractivity contribution in [1.82, 2.24) is 4.90 Å². The first-order valence-electron chi connectivity index (χ1n) is 10.8. The van der Waals surface area contributed by atoms with Crippen molar-refractivity contribution in [1.29, 1.82) is 0 Å². The molecule has 0 spiro atoms. The van der Waals surface area contributed by atoms with Crippen LogP contribution in [0.2, 0.25) is 0 Å². The zero-order valence-electron chi connectivity index (χ0n) is 18.0. The van der Waals surface area contributed by atoms with Gasteiger partial charge in [-0.2, -0.15) is 0 Å². The molecule has 0 aromatic heterocycles. The molecule has 1 aliphatic heterocycles. The summed E-state index contributed by atoms with van der Waals surface area (Å²) in [5.74, 6) is -0.522. The normalized spacial score (nSPS) is 15.1. The molecule has 32 heavy (non-hydrogen) atoms. The molecule has 0 N–H and O–H groups in total. The summed E-state index contributed by atoms with van der Waals surface area (Å²) in [4.78, 5) is 17.4. The van der Waals surface area contributed by atoms with E-state index in [1.54, 1.807) is 24.3 Å². The minimum atomic E-state index is -0.308. The van der Waals surface area contributed by atoms with Crippen molar-refractivity contribution in [2.75, 3.05) is 31.1 Å². The molecule has 0 saturated carbocycles. The van der Waals surface area contributed by atoms with Gasteiger partial charge >= 0.3 is 0 Å². The quantitative estimate of drug-likeness (QED) is 0.492. The van der Waals surface area contributed by atoms with Crippen LogP contribution >= 0.6 is 11.8 Å². The number of halogens is 2. The molecule has 1 unspecified atom stereocenters. The molecule has 3 aromatic rings. The van der Waals surface area contributed by atoms with Crippen LogP contribution in [0.5, 0.6) is 0 Å². The van der Waals surface area contributed by atoms with Crippen molar-refractivity contribution < 1.29 is 13.6 Å². The van der Waals surface area contributed by atoms with Gasteiger partial charge in [0.2, 0.25) is 5.91 Å². The van der Waals surface area contributed by atoms with E-state index in [9.17, 15) is 13.6 Å². The Bertz CT molecular complexity index is 974. The molecule has 166 valence electrons. The molecule has 4 rings (SSSR count). The first kappa shape index (κ1) is 22.3. The average Bonchev–Trinajstić information content (AvgIpc) is 2.84. The Kier molecular flexibility index (Phi) is 7.10. The Labute approximate surface area is 192 Å². The van der Waals surface area contributed by atoms with Gasteiger partial charge in [0.25, 0.3) is 0 Å². The summed E-state index contributed by atoms with van der Waals surface area (Å²) in [7, 11) is 0. The third-order valence-electron chi connectivity index (χ3n) is 5.75. The molecule has 1 saturated heterocycles. The standard InChI is InChI=1S/C26H26F2N2OS/c1-19(26(31)30-17-15-29(16-18-30)24-5-3-2-4-6-24)32-25(20-7-11-22(27)12-8-20)21-9-13-23(28)14-10-21/h2-14,19,25H,15-18H2,1H3. The van der Waals surface area contributed by atoms with Crippen molar-refractivity contribution in [2.45, 2.75) is 17.4 Å². The van der Waals surface area contributed by atoms with Crippen molar-refractivity contribution in [3.8, 4) is 0 Å². The summed E-state index contributed by atoms with van der Waals surface area (Å²) in [6.07, 6.45) is 0.